The summed E-state index contributed by atoms with van der Waals surface area (Å²) in [6, 6.07) is 15.8. The highest BCUT2D eigenvalue weighted by Gasteiger charge is 2.22. The van der Waals surface area contributed by atoms with Gasteiger partial charge in [-0.25, -0.2) is 0 Å². The third-order valence-corrected chi connectivity index (χ3v) is 6.03. The normalized spacial score (nSPS) is 11.2. The Morgan fingerprint density at radius 1 is 0.970 bits per heavy atom. The van der Waals surface area contributed by atoms with Gasteiger partial charge in [0.05, 0.1) is 19.5 Å². The Hall–Kier alpha value is -3.00. The lowest BCUT2D eigenvalue weighted by Gasteiger charge is -2.30. The summed E-state index contributed by atoms with van der Waals surface area (Å²) in [5.41, 5.74) is 1.80. The van der Waals surface area contributed by atoms with Gasteiger partial charge in [0.15, 0.2) is 11.0 Å². The highest BCUT2D eigenvalue weighted by molar-refractivity contribution is 7.99. The Morgan fingerprint density at radius 2 is 1.58 bits per heavy atom. The van der Waals surface area contributed by atoms with Crippen LogP contribution >= 0.6 is 11.8 Å². The van der Waals surface area contributed by atoms with E-state index < -0.39 is 0 Å². The van der Waals surface area contributed by atoms with Crippen LogP contribution in [0.4, 0.5) is 0 Å². The summed E-state index contributed by atoms with van der Waals surface area (Å²) in [4.78, 5) is 14.8. The molecule has 0 unspecified atom stereocenters. The SMILES string of the molecule is CCOc1ccc(-n2c(SCC(=O)N(C(C)C)C(C)C)nnc2-c2ccc(OC)cc2)cc1. The molecule has 8 heteroatoms. The molecular weight excluding hydrogens is 436 g/mol. The van der Waals surface area contributed by atoms with E-state index in [9.17, 15) is 4.79 Å². The van der Waals surface area contributed by atoms with E-state index in [0.29, 0.717) is 17.6 Å². The van der Waals surface area contributed by atoms with Crippen molar-refractivity contribution in [1.82, 2.24) is 19.7 Å². The number of hydrogen-bond donors (Lipinski definition) is 0. The lowest BCUT2D eigenvalue weighted by atomic mass is 10.2. The fourth-order valence-electron chi connectivity index (χ4n) is 3.75. The van der Waals surface area contributed by atoms with Crippen molar-refractivity contribution >= 4 is 17.7 Å². The van der Waals surface area contributed by atoms with Crippen LogP contribution in [0.1, 0.15) is 34.6 Å². The van der Waals surface area contributed by atoms with E-state index in [1.54, 1.807) is 7.11 Å². The molecule has 0 saturated carbocycles. The highest BCUT2D eigenvalue weighted by atomic mass is 32.2. The maximum atomic E-state index is 12.9. The lowest BCUT2D eigenvalue weighted by molar-refractivity contribution is -0.131. The first-order chi connectivity index (χ1) is 15.8. The molecule has 0 aliphatic heterocycles. The number of rotatable bonds is 10. The fourth-order valence-corrected chi connectivity index (χ4v) is 4.58. The number of hydrogen-bond acceptors (Lipinski definition) is 6. The van der Waals surface area contributed by atoms with Gasteiger partial charge < -0.3 is 14.4 Å². The molecule has 0 aliphatic rings. The monoisotopic (exact) mass is 468 g/mol. The number of nitrogens with zero attached hydrogens (tertiary/aromatic N) is 4. The number of thioether (sulfide) groups is 1. The molecule has 1 amide bonds. The molecule has 3 aromatic rings. The van der Waals surface area contributed by atoms with Crippen LogP contribution in [0, 0.1) is 0 Å². The molecule has 0 spiro atoms. The number of aromatic nitrogens is 3. The second-order valence-electron chi connectivity index (χ2n) is 8.07. The zero-order valence-electron chi connectivity index (χ0n) is 20.1. The zero-order chi connectivity index (χ0) is 24.0. The van der Waals surface area contributed by atoms with Gasteiger partial charge in [-0.15, -0.1) is 10.2 Å². The van der Waals surface area contributed by atoms with Gasteiger partial charge in [0, 0.05) is 23.3 Å². The Labute approximate surface area is 200 Å². The summed E-state index contributed by atoms with van der Waals surface area (Å²) < 4.78 is 12.9. The number of carbonyl (C=O) groups is 1. The molecule has 0 N–H and O–H groups in total. The molecule has 33 heavy (non-hydrogen) atoms. The average Bonchev–Trinajstić information content (AvgIpc) is 3.22. The highest BCUT2D eigenvalue weighted by Crippen LogP contribution is 2.30. The Kier molecular flexibility index (Phi) is 8.38. The van der Waals surface area contributed by atoms with Crippen molar-refractivity contribution in [1.29, 1.82) is 0 Å². The Bertz CT molecular complexity index is 1040. The smallest absolute Gasteiger partial charge is 0.233 e. The number of amides is 1. The molecule has 3 rings (SSSR count). The van der Waals surface area contributed by atoms with Gasteiger partial charge in [-0.05, 0) is 83.1 Å². The van der Waals surface area contributed by atoms with Gasteiger partial charge in [0.1, 0.15) is 11.5 Å². The summed E-state index contributed by atoms with van der Waals surface area (Å²) in [7, 11) is 1.64. The van der Waals surface area contributed by atoms with E-state index in [1.807, 2.05) is 92.6 Å². The fraction of sp³-hybridized carbons (Fsp3) is 0.400. The van der Waals surface area contributed by atoms with Gasteiger partial charge in [0.2, 0.25) is 5.91 Å². The average molecular weight is 469 g/mol. The van der Waals surface area contributed by atoms with Crippen molar-refractivity contribution in [2.75, 3.05) is 19.5 Å². The summed E-state index contributed by atoms with van der Waals surface area (Å²) in [6.07, 6.45) is 0. The zero-order valence-corrected chi connectivity index (χ0v) is 20.9. The van der Waals surface area contributed by atoms with Gasteiger partial charge in [0.25, 0.3) is 0 Å². The van der Waals surface area contributed by atoms with Crippen LogP contribution < -0.4 is 9.47 Å². The summed E-state index contributed by atoms with van der Waals surface area (Å²) in [6.45, 7) is 10.7. The van der Waals surface area contributed by atoms with E-state index in [0.717, 1.165) is 22.7 Å². The minimum Gasteiger partial charge on any atom is -0.497 e. The molecule has 0 aliphatic carbocycles. The van der Waals surface area contributed by atoms with E-state index in [2.05, 4.69) is 10.2 Å². The van der Waals surface area contributed by atoms with Gasteiger partial charge in [-0.3, -0.25) is 9.36 Å². The predicted molar refractivity (Wildman–Crippen MR) is 132 cm³/mol. The first kappa shape index (κ1) is 24.6. The van der Waals surface area contributed by atoms with Crippen molar-refractivity contribution in [3.05, 3.63) is 48.5 Å². The van der Waals surface area contributed by atoms with Crippen LogP contribution in [-0.2, 0) is 4.79 Å². The van der Waals surface area contributed by atoms with Crippen molar-refractivity contribution < 1.29 is 14.3 Å². The molecule has 2 aromatic carbocycles. The number of ether oxygens (including phenoxy) is 2. The molecular formula is C25H32N4O3S. The minimum absolute atomic E-state index is 0.0808. The van der Waals surface area contributed by atoms with Crippen LogP contribution in [0.2, 0.25) is 0 Å². The van der Waals surface area contributed by atoms with Crippen LogP contribution in [0.25, 0.3) is 17.1 Å². The maximum absolute atomic E-state index is 12.9. The lowest BCUT2D eigenvalue weighted by Crippen LogP contribution is -2.43. The predicted octanol–water partition coefficient (Wildman–Crippen LogP) is 5.08. The largest absolute Gasteiger partial charge is 0.497 e. The van der Waals surface area contributed by atoms with Gasteiger partial charge in [-0.1, -0.05) is 11.8 Å². The van der Waals surface area contributed by atoms with Gasteiger partial charge in [-0.2, -0.15) is 0 Å². The number of methoxy groups -OCH3 is 1. The van der Waals surface area contributed by atoms with Crippen molar-refractivity contribution in [2.45, 2.75) is 51.9 Å². The summed E-state index contributed by atoms with van der Waals surface area (Å²) in [5.74, 6) is 2.63. The number of benzene rings is 2. The third-order valence-electron chi connectivity index (χ3n) is 5.11. The summed E-state index contributed by atoms with van der Waals surface area (Å²) >= 11 is 1.39. The van der Waals surface area contributed by atoms with E-state index in [-0.39, 0.29) is 23.7 Å². The van der Waals surface area contributed by atoms with Gasteiger partial charge >= 0.3 is 0 Å². The molecule has 0 radical (unpaired) electrons. The Balaban J connectivity index is 1.96. The van der Waals surface area contributed by atoms with Crippen LogP contribution in [0.3, 0.4) is 0 Å². The molecule has 0 saturated heterocycles. The van der Waals surface area contributed by atoms with E-state index >= 15 is 0 Å². The molecule has 0 bridgehead atoms. The minimum atomic E-state index is 0.0808. The number of carbonyl (C=O) groups excluding carboxylic acids is 1. The van der Waals surface area contributed by atoms with Crippen LogP contribution in [-0.4, -0.2) is 57.1 Å². The quantitative estimate of drug-likeness (QED) is 0.387. The third kappa shape index (κ3) is 5.87. The van der Waals surface area contributed by atoms with Crippen molar-refractivity contribution in [3.63, 3.8) is 0 Å². The van der Waals surface area contributed by atoms with Crippen LogP contribution in [0.15, 0.2) is 53.7 Å². The summed E-state index contributed by atoms with van der Waals surface area (Å²) in [5, 5.41) is 9.56. The second-order valence-corrected chi connectivity index (χ2v) is 9.02. The first-order valence-corrected chi connectivity index (χ1v) is 12.1. The molecule has 176 valence electrons. The second kappa shape index (κ2) is 11.2. The first-order valence-electron chi connectivity index (χ1n) is 11.1. The van der Waals surface area contributed by atoms with E-state index in [4.69, 9.17) is 9.47 Å². The van der Waals surface area contributed by atoms with Crippen molar-refractivity contribution in [3.8, 4) is 28.6 Å². The molecule has 7 nitrogen and oxygen atoms in total. The molecule has 0 fully saturated rings. The Morgan fingerprint density at radius 3 is 2.12 bits per heavy atom. The topological polar surface area (TPSA) is 69.5 Å². The van der Waals surface area contributed by atoms with Crippen molar-refractivity contribution in [2.24, 2.45) is 0 Å². The van der Waals surface area contributed by atoms with Crippen LogP contribution in [0.5, 0.6) is 11.5 Å². The maximum Gasteiger partial charge on any atom is 0.233 e. The standard InChI is InChI=1S/C25H32N4O3S/c1-7-32-22-14-10-20(11-15-22)29-24(19-8-12-21(31-6)13-9-19)26-27-25(29)33-16-23(30)28(17(2)3)18(4)5/h8-15,17-18H,7,16H2,1-6H3. The molecule has 1 aromatic heterocycles. The molecule has 1 heterocycles. The van der Waals surface area contributed by atoms with E-state index in [1.165, 1.54) is 11.8 Å². The molecule has 0 atom stereocenters.